The van der Waals surface area contributed by atoms with Crippen molar-refractivity contribution in [2.24, 2.45) is 5.92 Å². The van der Waals surface area contributed by atoms with Crippen LogP contribution in [0.1, 0.15) is 15.9 Å². The van der Waals surface area contributed by atoms with E-state index in [0.717, 1.165) is 49.7 Å². The number of hydrogen-bond donors (Lipinski definition) is 0. The second-order valence-electron chi connectivity index (χ2n) is 5.23. The van der Waals surface area contributed by atoms with Crippen LogP contribution >= 0.6 is 0 Å². The molecule has 2 heterocycles. The molecule has 1 aromatic rings. The van der Waals surface area contributed by atoms with Gasteiger partial charge in [0, 0.05) is 19.6 Å². The molecule has 4 nitrogen and oxygen atoms in total. The molecule has 19 heavy (non-hydrogen) atoms. The Morgan fingerprint density at radius 3 is 2.89 bits per heavy atom. The van der Waals surface area contributed by atoms with Crippen molar-refractivity contribution in [2.75, 3.05) is 39.5 Å². The zero-order valence-electron chi connectivity index (χ0n) is 11.2. The third-order valence-electron chi connectivity index (χ3n) is 3.87. The molecule has 1 atom stereocenters. The smallest absolute Gasteiger partial charge is 0.174 e. The molecule has 102 valence electrons. The molecule has 4 heteroatoms. The minimum absolute atomic E-state index is 0.0494. The summed E-state index contributed by atoms with van der Waals surface area (Å²) >= 11 is 0. The summed E-state index contributed by atoms with van der Waals surface area (Å²) in [5.41, 5.74) is 1.78. The van der Waals surface area contributed by atoms with Crippen molar-refractivity contribution in [2.45, 2.75) is 6.92 Å². The van der Waals surface area contributed by atoms with E-state index in [1.165, 1.54) is 0 Å². The summed E-state index contributed by atoms with van der Waals surface area (Å²) in [5, 5.41) is 0. The summed E-state index contributed by atoms with van der Waals surface area (Å²) in [6, 6.07) is 5.78. The lowest BCUT2D eigenvalue weighted by Gasteiger charge is -2.32. The van der Waals surface area contributed by atoms with E-state index >= 15 is 0 Å². The number of morpholine rings is 1. The highest BCUT2D eigenvalue weighted by atomic mass is 16.5. The van der Waals surface area contributed by atoms with Gasteiger partial charge in [0.2, 0.25) is 0 Å². The van der Waals surface area contributed by atoms with Crippen LogP contribution in [-0.4, -0.2) is 50.1 Å². The summed E-state index contributed by atoms with van der Waals surface area (Å²) < 4.78 is 11.1. The number of hydrogen-bond acceptors (Lipinski definition) is 4. The number of carbonyl (C=O) groups is 1. The van der Waals surface area contributed by atoms with Crippen LogP contribution in [0.5, 0.6) is 5.75 Å². The van der Waals surface area contributed by atoms with E-state index in [9.17, 15) is 4.79 Å². The van der Waals surface area contributed by atoms with Gasteiger partial charge in [0.15, 0.2) is 5.78 Å². The first-order valence-electron chi connectivity index (χ1n) is 6.82. The molecule has 0 bridgehead atoms. The number of ketones is 1. The number of fused-ring (bicyclic) bond motifs is 1. The molecule has 2 aliphatic rings. The van der Waals surface area contributed by atoms with Crippen LogP contribution in [0.15, 0.2) is 18.2 Å². The summed E-state index contributed by atoms with van der Waals surface area (Å²) in [7, 11) is 0. The molecular weight excluding hydrogens is 242 g/mol. The minimum Gasteiger partial charge on any atom is -0.492 e. The maximum absolute atomic E-state index is 12.6. The highest BCUT2D eigenvalue weighted by molar-refractivity contribution is 6.02. The predicted octanol–water partition coefficient (Wildman–Crippen LogP) is 1.52. The monoisotopic (exact) mass is 261 g/mol. The van der Waals surface area contributed by atoms with E-state index in [-0.39, 0.29) is 11.7 Å². The Morgan fingerprint density at radius 2 is 2.11 bits per heavy atom. The fourth-order valence-corrected chi connectivity index (χ4v) is 2.78. The first kappa shape index (κ1) is 12.6. The third kappa shape index (κ3) is 2.51. The summed E-state index contributed by atoms with van der Waals surface area (Å²) in [5.74, 6) is 0.917. The Hall–Kier alpha value is -1.39. The van der Waals surface area contributed by atoms with Crippen LogP contribution in [0.2, 0.25) is 0 Å². The molecule has 0 aliphatic carbocycles. The van der Waals surface area contributed by atoms with Crippen LogP contribution in [0, 0.1) is 12.8 Å². The van der Waals surface area contributed by atoms with Crippen molar-refractivity contribution < 1.29 is 14.3 Å². The van der Waals surface area contributed by atoms with Crippen LogP contribution in [0.25, 0.3) is 0 Å². The van der Waals surface area contributed by atoms with Gasteiger partial charge in [0.25, 0.3) is 0 Å². The number of Topliss-reactive ketones (excluding diaryl/α,β-unsaturated/α-hetero) is 1. The van der Waals surface area contributed by atoms with Gasteiger partial charge < -0.3 is 9.47 Å². The minimum atomic E-state index is -0.0494. The third-order valence-corrected chi connectivity index (χ3v) is 3.87. The second-order valence-corrected chi connectivity index (χ2v) is 5.23. The number of benzene rings is 1. The average Bonchev–Trinajstić information content (AvgIpc) is 2.43. The molecule has 0 saturated carbocycles. The Morgan fingerprint density at radius 1 is 1.32 bits per heavy atom. The number of carbonyl (C=O) groups excluding carboxylic acids is 1. The number of aryl methyl sites for hydroxylation is 1. The van der Waals surface area contributed by atoms with E-state index in [4.69, 9.17) is 9.47 Å². The molecule has 1 aromatic carbocycles. The van der Waals surface area contributed by atoms with Crippen molar-refractivity contribution in [1.82, 2.24) is 4.90 Å². The van der Waals surface area contributed by atoms with Gasteiger partial charge in [-0.3, -0.25) is 9.69 Å². The largest absolute Gasteiger partial charge is 0.492 e. The highest BCUT2D eigenvalue weighted by Crippen LogP contribution is 2.30. The predicted molar refractivity (Wildman–Crippen MR) is 71.8 cm³/mol. The van der Waals surface area contributed by atoms with Gasteiger partial charge in [-0.2, -0.15) is 0 Å². The van der Waals surface area contributed by atoms with Gasteiger partial charge in [-0.15, -0.1) is 0 Å². The Balaban J connectivity index is 1.75. The topological polar surface area (TPSA) is 38.8 Å². The Kier molecular flexibility index (Phi) is 3.53. The lowest BCUT2D eigenvalue weighted by Crippen LogP contribution is -2.43. The van der Waals surface area contributed by atoms with E-state index < -0.39 is 0 Å². The maximum atomic E-state index is 12.6. The SMILES string of the molecule is Cc1cccc2c1C(=O)[C@H](CN1CCOCC1)CO2. The van der Waals surface area contributed by atoms with E-state index in [1.807, 2.05) is 25.1 Å². The van der Waals surface area contributed by atoms with Crippen LogP contribution < -0.4 is 4.74 Å². The van der Waals surface area contributed by atoms with Crippen LogP contribution in [0.3, 0.4) is 0 Å². The van der Waals surface area contributed by atoms with Crippen molar-refractivity contribution in [3.8, 4) is 5.75 Å². The molecular formula is C15H19NO3. The van der Waals surface area contributed by atoms with Crippen molar-refractivity contribution in [3.63, 3.8) is 0 Å². The molecule has 0 radical (unpaired) electrons. The van der Waals surface area contributed by atoms with E-state index in [2.05, 4.69) is 4.90 Å². The fraction of sp³-hybridized carbons (Fsp3) is 0.533. The molecule has 3 rings (SSSR count). The Bertz CT molecular complexity index is 480. The van der Waals surface area contributed by atoms with Crippen LogP contribution in [-0.2, 0) is 4.74 Å². The van der Waals surface area contributed by atoms with E-state index in [1.54, 1.807) is 0 Å². The highest BCUT2D eigenvalue weighted by Gasteiger charge is 2.31. The molecule has 0 aromatic heterocycles. The first-order chi connectivity index (χ1) is 9.25. The summed E-state index contributed by atoms with van der Waals surface area (Å²) in [6.07, 6.45) is 0. The molecule has 0 spiro atoms. The lowest BCUT2D eigenvalue weighted by atomic mass is 9.91. The van der Waals surface area contributed by atoms with Gasteiger partial charge in [-0.25, -0.2) is 0 Å². The normalized spacial score (nSPS) is 23.8. The number of rotatable bonds is 2. The lowest BCUT2D eigenvalue weighted by molar-refractivity contribution is 0.0250. The average molecular weight is 261 g/mol. The number of nitrogens with zero attached hydrogens (tertiary/aromatic N) is 1. The van der Waals surface area contributed by atoms with Crippen molar-refractivity contribution in [3.05, 3.63) is 29.3 Å². The first-order valence-corrected chi connectivity index (χ1v) is 6.82. The van der Waals surface area contributed by atoms with Gasteiger partial charge in [-0.05, 0) is 18.6 Å². The fourth-order valence-electron chi connectivity index (χ4n) is 2.78. The van der Waals surface area contributed by atoms with Gasteiger partial charge >= 0.3 is 0 Å². The molecule has 1 fully saturated rings. The van der Waals surface area contributed by atoms with Crippen molar-refractivity contribution >= 4 is 5.78 Å². The molecule has 2 aliphatic heterocycles. The molecule has 0 amide bonds. The van der Waals surface area contributed by atoms with Gasteiger partial charge in [-0.1, -0.05) is 12.1 Å². The van der Waals surface area contributed by atoms with Gasteiger partial charge in [0.1, 0.15) is 5.75 Å². The quantitative estimate of drug-likeness (QED) is 0.809. The molecule has 0 unspecified atom stereocenters. The number of ether oxygens (including phenoxy) is 2. The van der Waals surface area contributed by atoms with Gasteiger partial charge in [0.05, 0.1) is 31.3 Å². The van der Waals surface area contributed by atoms with Crippen molar-refractivity contribution in [1.29, 1.82) is 0 Å². The molecule has 0 N–H and O–H groups in total. The zero-order chi connectivity index (χ0) is 13.2. The summed E-state index contributed by atoms with van der Waals surface area (Å²) in [4.78, 5) is 14.9. The summed E-state index contributed by atoms with van der Waals surface area (Å²) in [6.45, 7) is 6.57. The van der Waals surface area contributed by atoms with E-state index in [0.29, 0.717) is 6.61 Å². The zero-order valence-corrected chi connectivity index (χ0v) is 11.2. The maximum Gasteiger partial charge on any atom is 0.174 e. The Labute approximate surface area is 113 Å². The second kappa shape index (κ2) is 5.31. The standard InChI is InChI=1S/C15H19NO3/c1-11-3-2-4-13-14(11)15(17)12(10-19-13)9-16-5-7-18-8-6-16/h2-4,12H,5-10H2,1H3/t12-/m1/s1. The molecule has 1 saturated heterocycles. The van der Waals surface area contributed by atoms with Crippen LogP contribution in [0.4, 0.5) is 0 Å².